The molecule has 8 rings (SSSR count). The van der Waals surface area contributed by atoms with Gasteiger partial charge >= 0.3 is 18.5 Å². The van der Waals surface area contributed by atoms with Gasteiger partial charge in [0.1, 0.15) is 6.07 Å². The Balaban J connectivity index is 1.56. The largest absolute Gasteiger partial charge is 0.417 e. The van der Waals surface area contributed by atoms with Crippen LogP contribution in [0, 0.1) is 32.1 Å². The predicted octanol–water partition coefficient (Wildman–Crippen LogP) is 13.4. The average molecular weight is 756 g/mol. The van der Waals surface area contributed by atoms with Crippen molar-refractivity contribution in [3.8, 4) is 28.6 Å². The molecule has 3 nitrogen and oxygen atoms in total. The lowest BCUT2D eigenvalue weighted by molar-refractivity contribution is -0.138. The van der Waals surface area contributed by atoms with E-state index < -0.39 is 35.2 Å². The molecular formula is C43H26F9N3. The summed E-state index contributed by atoms with van der Waals surface area (Å²) in [5.74, 6) is 0. The van der Waals surface area contributed by atoms with E-state index in [1.807, 2.05) is 50.2 Å². The molecule has 276 valence electrons. The standard InChI is InChI=1S/C43H26F9N3/c1-22-7-11-34-28(15-22)29-16-23(2)8-12-35(29)55(34)39-17-25(21-53)38(20-32(39)40-24(3)5-4-6-33(40)43(50,51)52)54-36-13-9-26(41(44,45)46)18-30(36)31-19-27(42(47,48)49)10-14-37(31)54/h4-20H,1-3H3. The van der Waals surface area contributed by atoms with Gasteiger partial charge in [0.25, 0.3) is 0 Å². The SMILES string of the molecule is Cc1ccc2c(c1)c1cc(C)ccc1n2-c1cc(C#N)c(-n2c3ccc(C(F)(F)F)cc3c3cc(C(F)(F)F)ccc32)cc1-c1c(C)cccc1C(F)(F)F. The van der Waals surface area contributed by atoms with Crippen molar-refractivity contribution in [2.75, 3.05) is 0 Å². The molecule has 0 aliphatic carbocycles. The number of benzene rings is 6. The number of rotatable bonds is 3. The average Bonchev–Trinajstić information content (AvgIpc) is 3.61. The molecule has 0 N–H and O–H groups in total. The molecule has 0 bridgehead atoms. The fraction of sp³-hybridized carbons (Fsp3) is 0.140. The molecule has 8 aromatic rings. The minimum Gasteiger partial charge on any atom is -0.309 e. The van der Waals surface area contributed by atoms with Gasteiger partial charge in [-0.2, -0.15) is 44.8 Å². The summed E-state index contributed by atoms with van der Waals surface area (Å²) >= 11 is 0. The molecule has 2 heterocycles. The highest BCUT2D eigenvalue weighted by atomic mass is 19.4. The minimum absolute atomic E-state index is 0.0150. The molecular weight excluding hydrogens is 729 g/mol. The van der Waals surface area contributed by atoms with Gasteiger partial charge in [-0.05, 0) is 111 Å². The molecule has 0 atom stereocenters. The predicted molar refractivity (Wildman–Crippen MR) is 194 cm³/mol. The lowest BCUT2D eigenvalue weighted by Crippen LogP contribution is -2.11. The second-order valence-electron chi connectivity index (χ2n) is 13.7. The van der Waals surface area contributed by atoms with E-state index in [1.165, 1.54) is 35.8 Å². The van der Waals surface area contributed by atoms with Crippen molar-refractivity contribution in [3.63, 3.8) is 0 Å². The summed E-state index contributed by atoms with van der Waals surface area (Å²) in [6, 6.07) is 25.2. The van der Waals surface area contributed by atoms with Gasteiger partial charge in [-0.1, -0.05) is 35.4 Å². The maximum absolute atomic E-state index is 14.9. The van der Waals surface area contributed by atoms with Crippen LogP contribution >= 0.6 is 0 Å². The Morgan fingerprint density at radius 2 is 0.945 bits per heavy atom. The fourth-order valence-electron chi connectivity index (χ4n) is 7.64. The number of fused-ring (bicyclic) bond motifs is 6. The zero-order valence-corrected chi connectivity index (χ0v) is 29.1. The number of nitriles is 1. The van der Waals surface area contributed by atoms with Crippen LogP contribution in [0.1, 0.15) is 38.9 Å². The van der Waals surface area contributed by atoms with E-state index in [2.05, 4.69) is 6.07 Å². The monoisotopic (exact) mass is 755 g/mol. The first kappa shape index (κ1) is 35.8. The van der Waals surface area contributed by atoms with Crippen molar-refractivity contribution < 1.29 is 39.5 Å². The third kappa shape index (κ3) is 5.77. The number of alkyl halides is 9. The zero-order chi connectivity index (χ0) is 39.4. The van der Waals surface area contributed by atoms with Gasteiger partial charge in [-0.15, -0.1) is 0 Å². The van der Waals surface area contributed by atoms with Crippen molar-refractivity contribution in [2.24, 2.45) is 0 Å². The van der Waals surface area contributed by atoms with Crippen molar-refractivity contribution in [3.05, 3.63) is 142 Å². The van der Waals surface area contributed by atoms with E-state index in [9.17, 15) is 44.8 Å². The van der Waals surface area contributed by atoms with E-state index in [0.29, 0.717) is 11.0 Å². The van der Waals surface area contributed by atoms with E-state index in [-0.39, 0.29) is 55.4 Å². The highest BCUT2D eigenvalue weighted by Gasteiger charge is 2.37. The first-order valence-electron chi connectivity index (χ1n) is 16.9. The minimum atomic E-state index is -4.84. The topological polar surface area (TPSA) is 33.6 Å². The summed E-state index contributed by atoms with van der Waals surface area (Å²) in [4.78, 5) is 0. The quantitative estimate of drug-likeness (QED) is 0.165. The second kappa shape index (κ2) is 12.1. The van der Waals surface area contributed by atoms with Gasteiger partial charge in [0, 0.05) is 27.1 Å². The van der Waals surface area contributed by atoms with Crippen LogP contribution in [0.25, 0.3) is 66.1 Å². The van der Waals surface area contributed by atoms with E-state index in [0.717, 1.165) is 64.4 Å². The van der Waals surface area contributed by atoms with Crippen LogP contribution in [-0.4, -0.2) is 9.13 Å². The summed E-state index contributed by atoms with van der Waals surface area (Å²) in [6.45, 7) is 5.34. The zero-order valence-electron chi connectivity index (χ0n) is 29.1. The number of aryl methyl sites for hydroxylation is 3. The summed E-state index contributed by atoms with van der Waals surface area (Å²) in [5, 5.41) is 12.0. The van der Waals surface area contributed by atoms with Gasteiger partial charge in [0.15, 0.2) is 0 Å². The lowest BCUT2D eigenvalue weighted by atomic mass is 9.91. The Morgan fingerprint density at radius 1 is 0.491 bits per heavy atom. The molecule has 0 aliphatic rings. The van der Waals surface area contributed by atoms with Crippen LogP contribution in [0.15, 0.2) is 103 Å². The van der Waals surface area contributed by atoms with E-state index >= 15 is 0 Å². The number of nitrogens with zero attached hydrogens (tertiary/aromatic N) is 3. The summed E-state index contributed by atoms with van der Waals surface area (Å²) in [5.41, 5.74) is 0.158. The third-order valence-corrected chi connectivity index (χ3v) is 10.1. The smallest absolute Gasteiger partial charge is 0.309 e. The van der Waals surface area contributed by atoms with Crippen LogP contribution in [0.2, 0.25) is 0 Å². The number of hydrogen-bond acceptors (Lipinski definition) is 1. The van der Waals surface area contributed by atoms with Crippen molar-refractivity contribution >= 4 is 43.6 Å². The Labute approximate surface area is 307 Å². The Morgan fingerprint density at radius 3 is 1.40 bits per heavy atom. The van der Waals surface area contributed by atoms with Crippen molar-refractivity contribution in [1.29, 1.82) is 5.26 Å². The maximum atomic E-state index is 14.9. The molecule has 12 heteroatoms. The first-order chi connectivity index (χ1) is 25.9. The molecule has 55 heavy (non-hydrogen) atoms. The van der Waals surface area contributed by atoms with E-state index in [1.54, 1.807) is 4.57 Å². The molecule has 6 aromatic carbocycles. The lowest BCUT2D eigenvalue weighted by Gasteiger charge is -2.22. The fourth-order valence-corrected chi connectivity index (χ4v) is 7.64. The van der Waals surface area contributed by atoms with Crippen molar-refractivity contribution in [1.82, 2.24) is 9.13 Å². The molecule has 0 fully saturated rings. The molecule has 0 saturated heterocycles. The molecule has 0 amide bonds. The summed E-state index contributed by atoms with van der Waals surface area (Å²) in [6.07, 6.45) is -14.5. The number of hydrogen-bond donors (Lipinski definition) is 0. The van der Waals surface area contributed by atoms with Gasteiger partial charge in [0.05, 0.1) is 55.7 Å². The Kier molecular flexibility index (Phi) is 7.90. The van der Waals surface area contributed by atoms with Crippen molar-refractivity contribution in [2.45, 2.75) is 39.3 Å². The van der Waals surface area contributed by atoms with Gasteiger partial charge in [-0.25, -0.2) is 0 Å². The molecule has 0 spiro atoms. The number of aromatic nitrogens is 2. The Bertz CT molecular complexity index is 2800. The molecule has 0 aliphatic heterocycles. The van der Waals surface area contributed by atoms with Gasteiger partial charge < -0.3 is 9.13 Å². The van der Waals surface area contributed by atoms with Crippen LogP contribution < -0.4 is 0 Å². The molecule has 0 saturated carbocycles. The number of halogens is 9. The highest BCUT2D eigenvalue weighted by Crippen LogP contribution is 2.46. The van der Waals surface area contributed by atoms with Crippen LogP contribution in [0.4, 0.5) is 39.5 Å². The third-order valence-electron chi connectivity index (χ3n) is 10.1. The van der Waals surface area contributed by atoms with Gasteiger partial charge in [0.2, 0.25) is 0 Å². The van der Waals surface area contributed by atoms with Gasteiger partial charge in [-0.3, -0.25) is 0 Å². The van der Waals surface area contributed by atoms with Crippen LogP contribution in [-0.2, 0) is 18.5 Å². The second-order valence-corrected chi connectivity index (χ2v) is 13.7. The molecule has 2 aromatic heterocycles. The Hall–Kier alpha value is -6.22. The van der Waals surface area contributed by atoms with Crippen LogP contribution in [0.5, 0.6) is 0 Å². The normalized spacial score (nSPS) is 12.7. The summed E-state index contributed by atoms with van der Waals surface area (Å²) < 4.78 is 132. The molecule has 0 radical (unpaired) electrons. The van der Waals surface area contributed by atoms with E-state index in [4.69, 9.17) is 0 Å². The highest BCUT2D eigenvalue weighted by molar-refractivity contribution is 6.12. The van der Waals surface area contributed by atoms with Crippen LogP contribution in [0.3, 0.4) is 0 Å². The molecule has 0 unspecified atom stereocenters. The maximum Gasteiger partial charge on any atom is 0.417 e. The summed E-state index contributed by atoms with van der Waals surface area (Å²) in [7, 11) is 0. The first-order valence-corrected chi connectivity index (χ1v) is 16.9.